The smallest absolute Gasteiger partial charge is 0.255 e. The highest BCUT2D eigenvalue weighted by atomic mass is 32.2. The van der Waals surface area contributed by atoms with Gasteiger partial charge in [0.15, 0.2) is 0 Å². The number of para-hydroxylation sites is 2. The lowest BCUT2D eigenvalue weighted by Gasteiger charge is -2.20. The number of hydrogen-bond donors (Lipinski definition) is 1. The molecule has 2 aromatic carbocycles. The van der Waals surface area contributed by atoms with Crippen molar-refractivity contribution in [2.24, 2.45) is 0 Å². The monoisotopic (exact) mass is 388 g/mol. The van der Waals surface area contributed by atoms with Crippen molar-refractivity contribution in [1.29, 1.82) is 0 Å². The van der Waals surface area contributed by atoms with Crippen LogP contribution in [0.15, 0.2) is 53.4 Å². The number of nitrogens with zero attached hydrogens (tertiary/aromatic N) is 1. The van der Waals surface area contributed by atoms with Gasteiger partial charge in [0.05, 0.1) is 17.7 Å². The molecule has 27 heavy (non-hydrogen) atoms. The van der Waals surface area contributed by atoms with Crippen molar-refractivity contribution in [3.05, 3.63) is 54.1 Å². The Labute approximate surface area is 160 Å². The largest absolute Gasteiger partial charge is 0.495 e. The Hall–Kier alpha value is -2.38. The highest BCUT2D eigenvalue weighted by Gasteiger charge is 2.25. The van der Waals surface area contributed by atoms with Gasteiger partial charge in [0.1, 0.15) is 5.75 Å². The van der Waals surface area contributed by atoms with Gasteiger partial charge >= 0.3 is 0 Å². The van der Waals surface area contributed by atoms with Crippen LogP contribution in [-0.4, -0.2) is 38.8 Å². The molecule has 3 rings (SSSR count). The minimum absolute atomic E-state index is 0.150. The van der Waals surface area contributed by atoms with Crippen LogP contribution in [-0.2, 0) is 10.0 Å². The van der Waals surface area contributed by atoms with Gasteiger partial charge in [0.25, 0.3) is 5.91 Å². The molecule has 0 atom stereocenters. The normalized spacial score (nSPS) is 15.7. The summed E-state index contributed by atoms with van der Waals surface area (Å²) in [6, 6.07) is 13.3. The molecule has 1 fully saturated rings. The number of anilines is 1. The van der Waals surface area contributed by atoms with Crippen LogP contribution in [0.25, 0.3) is 0 Å². The Morgan fingerprint density at radius 1 is 1.00 bits per heavy atom. The number of rotatable bonds is 5. The topological polar surface area (TPSA) is 75.7 Å². The summed E-state index contributed by atoms with van der Waals surface area (Å²) in [5.74, 6) is 0.159. The van der Waals surface area contributed by atoms with Crippen molar-refractivity contribution in [2.45, 2.75) is 30.6 Å². The van der Waals surface area contributed by atoms with Crippen LogP contribution in [0.5, 0.6) is 5.75 Å². The maximum Gasteiger partial charge on any atom is 0.255 e. The van der Waals surface area contributed by atoms with E-state index in [9.17, 15) is 13.2 Å². The van der Waals surface area contributed by atoms with Crippen LogP contribution < -0.4 is 10.1 Å². The number of methoxy groups -OCH3 is 1. The van der Waals surface area contributed by atoms with Crippen LogP contribution in [0.3, 0.4) is 0 Å². The highest BCUT2D eigenvalue weighted by Crippen LogP contribution is 2.25. The molecule has 0 spiro atoms. The molecule has 1 amide bonds. The Morgan fingerprint density at radius 2 is 1.70 bits per heavy atom. The molecule has 0 aromatic heterocycles. The van der Waals surface area contributed by atoms with Gasteiger partial charge in [-0.25, -0.2) is 8.42 Å². The van der Waals surface area contributed by atoms with E-state index < -0.39 is 10.0 Å². The highest BCUT2D eigenvalue weighted by molar-refractivity contribution is 7.89. The van der Waals surface area contributed by atoms with Crippen LogP contribution in [0.2, 0.25) is 0 Å². The zero-order valence-corrected chi connectivity index (χ0v) is 16.2. The molecule has 0 unspecified atom stereocenters. The average molecular weight is 388 g/mol. The third-order valence-electron chi connectivity index (χ3n) is 4.65. The van der Waals surface area contributed by atoms with Crippen molar-refractivity contribution >= 4 is 21.6 Å². The molecule has 0 radical (unpaired) electrons. The standard InChI is InChI=1S/C20H24N2O4S/c1-26-19-12-5-4-11-18(19)21-20(23)16-9-8-10-17(15-16)27(24,25)22-13-6-2-3-7-14-22/h4-5,8-12,15H,2-3,6-7,13-14H2,1H3,(H,21,23). The molecule has 1 aliphatic heterocycles. The summed E-state index contributed by atoms with van der Waals surface area (Å²) in [5, 5.41) is 2.77. The zero-order valence-electron chi connectivity index (χ0n) is 15.3. The van der Waals surface area contributed by atoms with Gasteiger partial charge in [-0.15, -0.1) is 0 Å². The Kier molecular flexibility index (Phi) is 6.13. The lowest BCUT2D eigenvalue weighted by atomic mass is 10.2. The molecular weight excluding hydrogens is 364 g/mol. The molecule has 1 N–H and O–H groups in total. The minimum Gasteiger partial charge on any atom is -0.495 e. The van der Waals surface area contributed by atoms with Crippen molar-refractivity contribution in [3.8, 4) is 5.75 Å². The van der Waals surface area contributed by atoms with Crippen molar-refractivity contribution in [2.75, 3.05) is 25.5 Å². The summed E-state index contributed by atoms with van der Waals surface area (Å²) < 4.78 is 32.7. The maximum absolute atomic E-state index is 12.9. The van der Waals surface area contributed by atoms with Gasteiger partial charge in [-0.2, -0.15) is 4.31 Å². The summed E-state index contributed by atoms with van der Waals surface area (Å²) in [6.45, 7) is 1.06. The third kappa shape index (κ3) is 4.48. The number of carbonyl (C=O) groups excluding carboxylic acids is 1. The lowest BCUT2D eigenvalue weighted by molar-refractivity contribution is 0.102. The molecular formula is C20H24N2O4S. The minimum atomic E-state index is -3.60. The SMILES string of the molecule is COc1ccccc1NC(=O)c1cccc(S(=O)(=O)N2CCCCCC2)c1. The zero-order chi connectivity index (χ0) is 19.3. The molecule has 1 heterocycles. The second-order valence-electron chi connectivity index (χ2n) is 6.50. The van der Waals surface area contributed by atoms with Crippen molar-refractivity contribution in [1.82, 2.24) is 4.31 Å². The molecule has 1 aliphatic rings. The summed E-state index contributed by atoms with van der Waals surface area (Å²) in [7, 11) is -2.07. The first-order valence-corrected chi connectivity index (χ1v) is 10.5. The van der Waals surface area contributed by atoms with E-state index in [0.717, 1.165) is 25.7 Å². The first-order chi connectivity index (χ1) is 13.0. The van der Waals surface area contributed by atoms with Gasteiger partial charge < -0.3 is 10.1 Å². The van der Waals surface area contributed by atoms with Crippen LogP contribution in [0.4, 0.5) is 5.69 Å². The van der Waals surface area contributed by atoms with Gasteiger partial charge in [0, 0.05) is 18.7 Å². The second kappa shape index (κ2) is 8.54. The predicted octanol–water partition coefficient (Wildman–Crippen LogP) is 3.51. The molecule has 6 nitrogen and oxygen atoms in total. The molecule has 7 heteroatoms. The van der Waals surface area contributed by atoms with E-state index >= 15 is 0 Å². The quantitative estimate of drug-likeness (QED) is 0.850. The fourth-order valence-electron chi connectivity index (χ4n) is 3.17. The first-order valence-electron chi connectivity index (χ1n) is 9.07. The average Bonchev–Trinajstić information content (AvgIpc) is 2.98. The first kappa shape index (κ1) is 19.4. The van der Waals surface area contributed by atoms with Crippen molar-refractivity contribution < 1.29 is 17.9 Å². The molecule has 0 aliphatic carbocycles. The van der Waals surface area contributed by atoms with Gasteiger partial charge in [0.2, 0.25) is 10.0 Å². The number of nitrogens with one attached hydrogen (secondary N) is 1. The molecule has 0 saturated carbocycles. The Morgan fingerprint density at radius 3 is 2.41 bits per heavy atom. The van der Waals surface area contributed by atoms with E-state index in [-0.39, 0.29) is 16.4 Å². The second-order valence-corrected chi connectivity index (χ2v) is 8.44. The fraction of sp³-hybridized carbons (Fsp3) is 0.350. The number of carbonyl (C=O) groups is 1. The molecule has 144 valence electrons. The summed E-state index contributed by atoms with van der Waals surface area (Å²) >= 11 is 0. The Bertz CT molecular complexity index is 904. The maximum atomic E-state index is 12.9. The Balaban J connectivity index is 1.83. The predicted molar refractivity (Wildman–Crippen MR) is 105 cm³/mol. The molecule has 0 bridgehead atoms. The number of amides is 1. The number of ether oxygens (including phenoxy) is 1. The third-order valence-corrected chi connectivity index (χ3v) is 6.55. The van der Waals surface area contributed by atoms with E-state index in [0.29, 0.717) is 24.5 Å². The molecule has 1 saturated heterocycles. The van der Waals surface area contributed by atoms with E-state index in [1.807, 2.05) is 6.07 Å². The summed E-state index contributed by atoms with van der Waals surface area (Å²) in [4.78, 5) is 12.8. The fourth-order valence-corrected chi connectivity index (χ4v) is 4.73. The van der Waals surface area contributed by atoms with Crippen LogP contribution in [0, 0.1) is 0 Å². The van der Waals surface area contributed by atoms with E-state index in [1.54, 1.807) is 36.4 Å². The van der Waals surface area contributed by atoms with Crippen LogP contribution in [0.1, 0.15) is 36.0 Å². The molecule has 2 aromatic rings. The number of hydrogen-bond acceptors (Lipinski definition) is 4. The van der Waals surface area contributed by atoms with Gasteiger partial charge in [-0.05, 0) is 43.2 Å². The van der Waals surface area contributed by atoms with Gasteiger partial charge in [-0.3, -0.25) is 4.79 Å². The summed E-state index contributed by atoms with van der Waals surface area (Å²) in [5.41, 5.74) is 0.822. The lowest BCUT2D eigenvalue weighted by Crippen LogP contribution is -2.32. The number of sulfonamides is 1. The van der Waals surface area contributed by atoms with E-state index in [2.05, 4.69) is 5.32 Å². The van der Waals surface area contributed by atoms with Crippen LogP contribution >= 0.6 is 0 Å². The van der Waals surface area contributed by atoms with E-state index in [1.165, 1.54) is 17.5 Å². The number of benzene rings is 2. The summed E-state index contributed by atoms with van der Waals surface area (Å²) in [6.07, 6.45) is 3.83. The van der Waals surface area contributed by atoms with Crippen molar-refractivity contribution in [3.63, 3.8) is 0 Å². The van der Waals surface area contributed by atoms with Gasteiger partial charge in [-0.1, -0.05) is 31.0 Å². The van der Waals surface area contributed by atoms with E-state index in [4.69, 9.17) is 4.74 Å².